The van der Waals surface area contributed by atoms with Crippen LogP contribution in [-0.2, 0) is 19.6 Å². The normalized spacial score (nSPS) is 10.6. The summed E-state index contributed by atoms with van der Waals surface area (Å²) in [5.74, 6) is 2.13. The lowest BCUT2D eigenvalue weighted by molar-refractivity contribution is 0.284. The van der Waals surface area contributed by atoms with E-state index in [1.54, 1.807) is 20.3 Å². The van der Waals surface area contributed by atoms with Crippen LogP contribution in [0.1, 0.15) is 16.7 Å². The number of phenols is 1. The monoisotopic (exact) mass is 393 g/mol. The van der Waals surface area contributed by atoms with Crippen molar-refractivity contribution in [2.24, 2.45) is 0 Å². The number of benzene rings is 3. The molecule has 0 saturated carbocycles. The highest BCUT2D eigenvalue weighted by Gasteiger charge is 2.09. The van der Waals surface area contributed by atoms with E-state index in [0.29, 0.717) is 18.9 Å². The number of methoxy groups -OCH3 is 2. The molecule has 0 saturated heterocycles. The van der Waals surface area contributed by atoms with Gasteiger partial charge in [0.05, 0.1) is 14.2 Å². The van der Waals surface area contributed by atoms with E-state index in [-0.39, 0.29) is 5.75 Å². The van der Waals surface area contributed by atoms with Crippen LogP contribution in [0.4, 0.5) is 0 Å². The van der Waals surface area contributed by atoms with Crippen molar-refractivity contribution in [2.45, 2.75) is 19.6 Å². The molecule has 0 aliphatic heterocycles. The fourth-order valence-electron chi connectivity index (χ4n) is 3.13. The highest BCUT2D eigenvalue weighted by molar-refractivity contribution is 5.45. The molecule has 5 nitrogen and oxygen atoms in total. The van der Waals surface area contributed by atoms with Crippen LogP contribution in [0.3, 0.4) is 0 Å². The lowest BCUT2D eigenvalue weighted by atomic mass is 10.1. The van der Waals surface area contributed by atoms with E-state index in [1.165, 1.54) is 0 Å². The molecule has 0 fully saturated rings. The Hall–Kier alpha value is -3.18. The molecule has 0 bridgehead atoms. The quantitative estimate of drug-likeness (QED) is 0.503. The first-order valence-corrected chi connectivity index (χ1v) is 9.60. The van der Waals surface area contributed by atoms with Crippen LogP contribution in [0.5, 0.6) is 23.0 Å². The number of aromatic hydroxyl groups is 1. The van der Waals surface area contributed by atoms with Crippen LogP contribution in [0.2, 0.25) is 0 Å². The minimum absolute atomic E-state index is 0.155. The van der Waals surface area contributed by atoms with Crippen molar-refractivity contribution in [1.82, 2.24) is 5.32 Å². The second-order valence-electron chi connectivity index (χ2n) is 6.66. The molecule has 152 valence electrons. The van der Waals surface area contributed by atoms with Gasteiger partial charge in [0.1, 0.15) is 6.61 Å². The zero-order chi connectivity index (χ0) is 20.5. The molecular formula is C24H27NO4. The van der Waals surface area contributed by atoms with Crippen molar-refractivity contribution >= 4 is 0 Å². The summed E-state index contributed by atoms with van der Waals surface area (Å²) >= 11 is 0. The number of ether oxygens (including phenoxy) is 3. The van der Waals surface area contributed by atoms with Gasteiger partial charge in [-0.3, -0.25) is 0 Å². The summed E-state index contributed by atoms with van der Waals surface area (Å²) in [5, 5.41) is 13.3. The molecule has 29 heavy (non-hydrogen) atoms. The summed E-state index contributed by atoms with van der Waals surface area (Å²) in [6.07, 6.45) is 0.840. The van der Waals surface area contributed by atoms with Gasteiger partial charge in [-0.05, 0) is 42.3 Å². The molecule has 0 aromatic heterocycles. The Labute approximate surface area is 171 Å². The molecule has 0 aliphatic carbocycles. The van der Waals surface area contributed by atoms with E-state index < -0.39 is 0 Å². The van der Waals surface area contributed by atoms with Gasteiger partial charge in [0, 0.05) is 12.1 Å². The van der Waals surface area contributed by atoms with Gasteiger partial charge in [0.15, 0.2) is 23.0 Å². The Kier molecular flexibility index (Phi) is 7.36. The number of para-hydroxylation sites is 1. The fourth-order valence-corrected chi connectivity index (χ4v) is 3.13. The Balaban J connectivity index is 1.56. The Morgan fingerprint density at radius 2 is 1.66 bits per heavy atom. The van der Waals surface area contributed by atoms with Gasteiger partial charge in [0.25, 0.3) is 0 Å². The summed E-state index contributed by atoms with van der Waals surface area (Å²) < 4.78 is 16.7. The lowest BCUT2D eigenvalue weighted by Gasteiger charge is -2.13. The first-order valence-electron chi connectivity index (χ1n) is 9.60. The van der Waals surface area contributed by atoms with Crippen LogP contribution in [0.25, 0.3) is 0 Å². The number of phenolic OH excluding ortho intramolecular Hbond substituents is 1. The zero-order valence-corrected chi connectivity index (χ0v) is 16.9. The first-order chi connectivity index (χ1) is 14.2. The van der Waals surface area contributed by atoms with Gasteiger partial charge in [-0.1, -0.05) is 48.5 Å². The summed E-state index contributed by atoms with van der Waals surface area (Å²) in [4.78, 5) is 0. The molecule has 3 rings (SSSR count). The lowest BCUT2D eigenvalue weighted by Crippen LogP contribution is -2.17. The molecular weight excluding hydrogens is 366 g/mol. The Morgan fingerprint density at radius 3 is 2.41 bits per heavy atom. The van der Waals surface area contributed by atoms with Gasteiger partial charge in [-0.25, -0.2) is 0 Å². The zero-order valence-electron chi connectivity index (χ0n) is 16.9. The molecule has 5 heteroatoms. The summed E-state index contributed by atoms with van der Waals surface area (Å²) in [6.45, 7) is 1.89. The molecule has 2 N–H and O–H groups in total. The number of rotatable bonds is 10. The third-order valence-electron chi connectivity index (χ3n) is 4.65. The molecule has 0 atom stereocenters. The molecule has 3 aromatic rings. The van der Waals surface area contributed by atoms with Crippen molar-refractivity contribution in [3.8, 4) is 23.0 Å². The summed E-state index contributed by atoms with van der Waals surface area (Å²) in [5.41, 5.74) is 3.19. The first kappa shape index (κ1) is 20.6. The third kappa shape index (κ3) is 5.65. The van der Waals surface area contributed by atoms with Gasteiger partial charge >= 0.3 is 0 Å². The molecule has 0 radical (unpaired) electrons. The number of hydrogen-bond donors (Lipinski definition) is 2. The van der Waals surface area contributed by atoms with Crippen molar-refractivity contribution in [2.75, 3.05) is 20.8 Å². The molecule has 0 spiro atoms. The number of nitrogens with one attached hydrogen (secondary N) is 1. The van der Waals surface area contributed by atoms with E-state index in [4.69, 9.17) is 14.2 Å². The van der Waals surface area contributed by atoms with Crippen LogP contribution in [-0.4, -0.2) is 25.9 Å². The molecule has 0 aliphatic rings. The van der Waals surface area contributed by atoms with Gasteiger partial charge in [-0.15, -0.1) is 0 Å². The third-order valence-corrected chi connectivity index (χ3v) is 4.65. The van der Waals surface area contributed by atoms with Gasteiger partial charge in [0.2, 0.25) is 0 Å². The van der Waals surface area contributed by atoms with Crippen molar-refractivity contribution in [3.63, 3.8) is 0 Å². The minimum atomic E-state index is 0.155. The average Bonchev–Trinajstić information content (AvgIpc) is 2.76. The van der Waals surface area contributed by atoms with E-state index in [1.807, 2.05) is 60.7 Å². The highest BCUT2D eigenvalue weighted by Crippen LogP contribution is 2.30. The minimum Gasteiger partial charge on any atom is -0.504 e. The van der Waals surface area contributed by atoms with E-state index in [2.05, 4.69) is 5.32 Å². The van der Waals surface area contributed by atoms with Gasteiger partial charge < -0.3 is 24.6 Å². The highest BCUT2D eigenvalue weighted by atomic mass is 16.5. The van der Waals surface area contributed by atoms with Crippen LogP contribution in [0, 0.1) is 0 Å². The molecule has 0 amide bonds. The topological polar surface area (TPSA) is 60.0 Å². The maximum atomic E-state index is 9.86. The molecule has 3 aromatic carbocycles. The van der Waals surface area contributed by atoms with Crippen LogP contribution >= 0.6 is 0 Å². The standard InChI is InChI=1S/C24H27NO4/c1-27-22-12-11-18(15-23(22)29-17-19-7-4-3-5-8-19)13-14-25-16-20-9-6-10-21(26)24(20)28-2/h3-12,15,25-26H,13-14,16-17H2,1-2H3. The number of hydrogen-bond acceptors (Lipinski definition) is 5. The predicted octanol–water partition coefficient (Wildman–Crippen LogP) is 4.32. The van der Waals surface area contributed by atoms with Crippen molar-refractivity contribution in [1.29, 1.82) is 0 Å². The van der Waals surface area contributed by atoms with Crippen LogP contribution < -0.4 is 19.5 Å². The van der Waals surface area contributed by atoms with Crippen molar-refractivity contribution < 1.29 is 19.3 Å². The van der Waals surface area contributed by atoms with Crippen LogP contribution in [0.15, 0.2) is 66.7 Å². The SMILES string of the molecule is COc1ccc(CCNCc2cccc(O)c2OC)cc1OCc1ccccc1. The summed E-state index contributed by atoms with van der Waals surface area (Å²) in [6, 6.07) is 21.5. The second-order valence-corrected chi connectivity index (χ2v) is 6.66. The second kappa shape index (κ2) is 10.4. The van der Waals surface area contributed by atoms with E-state index in [9.17, 15) is 5.11 Å². The average molecular weight is 393 g/mol. The molecule has 0 heterocycles. The largest absolute Gasteiger partial charge is 0.504 e. The fraction of sp³-hybridized carbons (Fsp3) is 0.250. The van der Waals surface area contributed by atoms with E-state index in [0.717, 1.165) is 41.2 Å². The summed E-state index contributed by atoms with van der Waals surface area (Å²) in [7, 11) is 3.21. The van der Waals surface area contributed by atoms with Crippen molar-refractivity contribution in [3.05, 3.63) is 83.4 Å². The molecule has 0 unspecified atom stereocenters. The predicted molar refractivity (Wildman–Crippen MR) is 114 cm³/mol. The van der Waals surface area contributed by atoms with Gasteiger partial charge in [-0.2, -0.15) is 0 Å². The maximum Gasteiger partial charge on any atom is 0.164 e. The Bertz CT molecular complexity index is 912. The van der Waals surface area contributed by atoms with E-state index >= 15 is 0 Å². The Morgan fingerprint density at radius 1 is 0.828 bits per heavy atom. The smallest absolute Gasteiger partial charge is 0.164 e. The maximum absolute atomic E-state index is 9.86.